The molecule has 0 aliphatic rings. The van der Waals surface area contributed by atoms with Crippen molar-refractivity contribution in [1.29, 1.82) is 0 Å². The van der Waals surface area contributed by atoms with Crippen LogP contribution in [0.25, 0.3) is 17.1 Å². The summed E-state index contributed by atoms with van der Waals surface area (Å²) in [5.41, 5.74) is 2.20. The van der Waals surface area contributed by atoms with Gasteiger partial charge in [0.05, 0.1) is 17.2 Å². The van der Waals surface area contributed by atoms with Crippen LogP contribution in [-0.2, 0) is 0 Å². The van der Waals surface area contributed by atoms with Gasteiger partial charge in [-0.2, -0.15) is 0 Å². The molecule has 0 saturated heterocycles. The fourth-order valence-corrected chi connectivity index (χ4v) is 3.06. The molecule has 4 nitrogen and oxygen atoms in total. The Morgan fingerprint density at radius 1 is 0.962 bits per heavy atom. The van der Waals surface area contributed by atoms with E-state index in [2.05, 4.69) is 9.97 Å². The number of ether oxygens (including phenoxy) is 1. The minimum atomic E-state index is -0.0459. The van der Waals surface area contributed by atoms with Crippen LogP contribution in [-0.4, -0.2) is 15.8 Å². The van der Waals surface area contributed by atoms with Crippen LogP contribution in [0.4, 0.5) is 0 Å². The number of nitrogens with zero attached hydrogens (tertiary/aromatic N) is 2. The largest absolute Gasteiger partial charge is 0.437 e. The molecule has 0 unspecified atom stereocenters. The summed E-state index contributed by atoms with van der Waals surface area (Å²) < 4.78 is 5.74. The van der Waals surface area contributed by atoms with Crippen LogP contribution in [0.2, 0.25) is 0 Å². The highest BCUT2D eigenvalue weighted by molar-refractivity contribution is 7.10. The summed E-state index contributed by atoms with van der Waals surface area (Å²) in [7, 11) is 0. The van der Waals surface area contributed by atoms with Gasteiger partial charge in [-0.25, -0.2) is 9.97 Å². The zero-order valence-corrected chi connectivity index (χ0v) is 14.5. The molecule has 2 aromatic carbocycles. The van der Waals surface area contributed by atoms with Gasteiger partial charge in [-0.1, -0.05) is 18.2 Å². The standard InChI is InChI=1S/C21H14N2O2S/c24-20(12-11-17-4-3-13-26-17)15-7-9-16(10-8-15)25-21-14-22-18-5-1-2-6-19(18)23-21/h1-14H/b12-11+. The maximum Gasteiger partial charge on any atom is 0.238 e. The van der Waals surface area contributed by atoms with Crippen LogP contribution in [0.15, 0.2) is 78.3 Å². The summed E-state index contributed by atoms with van der Waals surface area (Å²) in [6.07, 6.45) is 4.99. The van der Waals surface area contributed by atoms with Gasteiger partial charge in [0.15, 0.2) is 5.78 Å². The van der Waals surface area contributed by atoms with Crippen molar-refractivity contribution in [2.24, 2.45) is 0 Å². The molecule has 5 heteroatoms. The molecular formula is C21H14N2O2S. The van der Waals surface area contributed by atoms with E-state index < -0.39 is 0 Å². The van der Waals surface area contributed by atoms with E-state index in [1.165, 1.54) is 0 Å². The topological polar surface area (TPSA) is 52.1 Å². The fourth-order valence-electron chi connectivity index (χ4n) is 2.44. The number of hydrogen-bond acceptors (Lipinski definition) is 5. The molecule has 0 bridgehead atoms. The van der Waals surface area contributed by atoms with Crippen molar-refractivity contribution in [3.63, 3.8) is 0 Å². The summed E-state index contributed by atoms with van der Waals surface area (Å²) in [6, 6.07) is 18.5. The molecule has 0 radical (unpaired) electrons. The molecule has 0 saturated carbocycles. The van der Waals surface area contributed by atoms with Crippen LogP contribution >= 0.6 is 11.3 Å². The van der Waals surface area contributed by atoms with E-state index in [0.717, 1.165) is 15.9 Å². The maximum absolute atomic E-state index is 12.2. The molecule has 2 aromatic heterocycles. The fraction of sp³-hybridized carbons (Fsp3) is 0. The number of hydrogen-bond donors (Lipinski definition) is 0. The first-order chi connectivity index (χ1) is 12.8. The summed E-state index contributed by atoms with van der Waals surface area (Å²) in [4.78, 5) is 22.0. The Morgan fingerprint density at radius 3 is 2.54 bits per heavy atom. The minimum absolute atomic E-state index is 0.0459. The van der Waals surface area contributed by atoms with E-state index in [4.69, 9.17) is 4.74 Å². The van der Waals surface area contributed by atoms with Crippen molar-refractivity contribution >= 4 is 34.2 Å². The van der Waals surface area contributed by atoms with Crippen LogP contribution < -0.4 is 4.74 Å². The van der Waals surface area contributed by atoms with Crippen LogP contribution in [0.5, 0.6) is 11.6 Å². The summed E-state index contributed by atoms with van der Waals surface area (Å²) >= 11 is 1.59. The van der Waals surface area contributed by atoms with Gasteiger partial charge in [0.2, 0.25) is 5.88 Å². The Hall–Kier alpha value is -3.31. The van der Waals surface area contributed by atoms with Gasteiger partial charge in [0.1, 0.15) is 5.75 Å². The number of carbonyl (C=O) groups excluding carboxylic acids is 1. The zero-order chi connectivity index (χ0) is 17.8. The molecule has 0 amide bonds. The number of carbonyl (C=O) groups is 1. The number of fused-ring (bicyclic) bond motifs is 1. The third kappa shape index (κ3) is 3.68. The molecule has 0 aliphatic heterocycles. The average Bonchev–Trinajstić information content (AvgIpc) is 3.20. The lowest BCUT2D eigenvalue weighted by Gasteiger charge is -2.05. The summed E-state index contributed by atoms with van der Waals surface area (Å²) in [5, 5.41) is 1.98. The number of allylic oxidation sites excluding steroid dienone is 1. The lowest BCUT2D eigenvalue weighted by Crippen LogP contribution is -1.95. The second-order valence-electron chi connectivity index (χ2n) is 5.54. The number of rotatable bonds is 5. The smallest absolute Gasteiger partial charge is 0.238 e. The molecule has 0 atom stereocenters. The molecule has 0 aliphatic carbocycles. The second-order valence-corrected chi connectivity index (χ2v) is 6.52. The van der Waals surface area contributed by atoms with Crippen molar-refractivity contribution in [3.8, 4) is 11.6 Å². The average molecular weight is 358 g/mol. The van der Waals surface area contributed by atoms with E-state index in [1.807, 2.05) is 47.9 Å². The molecule has 0 N–H and O–H groups in total. The van der Waals surface area contributed by atoms with Crippen LogP contribution in [0.3, 0.4) is 0 Å². The summed E-state index contributed by atoms with van der Waals surface area (Å²) in [5.74, 6) is 0.976. The quantitative estimate of drug-likeness (QED) is 0.355. The van der Waals surface area contributed by atoms with Crippen molar-refractivity contribution < 1.29 is 9.53 Å². The minimum Gasteiger partial charge on any atom is -0.437 e. The monoisotopic (exact) mass is 358 g/mol. The first kappa shape index (κ1) is 16.2. The van der Waals surface area contributed by atoms with E-state index in [1.54, 1.807) is 47.9 Å². The number of aromatic nitrogens is 2. The second kappa shape index (κ2) is 7.29. The van der Waals surface area contributed by atoms with E-state index in [0.29, 0.717) is 17.2 Å². The van der Waals surface area contributed by atoms with Crippen molar-refractivity contribution in [2.75, 3.05) is 0 Å². The molecule has 0 fully saturated rings. The van der Waals surface area contributed by atoms with E-state index in [-0.39, 0.29) is 5.78 Å². The highest BCUT2D eigenvalue weighted by atomic mass is 32.1. The van der Waals surface area contributed by atoms with Gasteiger partial charge >= 0.3 is 0 Å². The van der Waals surface area contributed by atoms with E-state index >= 15 is 0 Å². The Kier molecular flexibility index (Phi) is 4.53. The lowest BCUT2D eigenvalue weighted by atomic mass is 10.1. The number of benzene rings is 2. The molecule has 0 spiro atoms. The Balaban J connectivity index is 1.47. The van der Waals surface area contributed by atoms with Gasteiger partial charge in [-0.05, 0) is 60.0 Å². The van der Waals surface area contributed by atoms with Crippen LogP contribution in [0.1, 0.15) is 15.2 Å². The SMILES string of the molecule is O=C(/C=C/c1cccs1)c1ccc(Oc2cnc3ccccc3n2)cc1. The third-order valence-electron chi connectivity index (χ3n) is 3.73. The summed E-state index contributed by atoms with van der Waals surface area (Å²) in [6.45, 7) is 0. The van der Waals surface area contributed by atoms with Crippen molar-refractivity contribution in [2.45, 2.75) is 0 Å². The first-order valence-corrected chi connectivity index (χ1v) is 8.91. The predicted molar refractivity (Wildman–Crippen MR) is 104 cm³/mol. The molecule has 4 rings (SSSR count). The Labute approximate surface area is 154 Å². The number of ketones is 1. The Morgan fingerprint density at radius 2 is 1.77 bits per heavy atom. The molecular weight excluding hydrogens is 344 g/mol. The van der Waals surface area contributed by atoms with Gasteiger partial charge < -0.3 is 4.74 Å². The molecule has 4 aromatic rings. The van der Waals surface area contributed by atoms with Crippen molar-refractivity contribution in [1.82, 2.24) is 9.97 Å². The Bertz CT molecular complexity index is 1070. The molecule has 2 heterocycles. The number of thiophene rings is 1. The normalized spacial score (nSPS) is 11.1. The first-order valence-electron chi connectivity index (χ1n) is 8.03. The van der Waals surface area contributed by atoms with Gasteiger partial charge in [0.25, 0.3) is 0 Å². The van der Waals surface area contributed by atoms with Crippen LogP contribution in [0, 0.1) is 0 Å². The van der Waals surface area contributed by atoms with Crippen molar-refractivity contribution in [3.05, 3.63) is 88.8 Å². The maximum atomic E-state index is 12.2. The van der Waals surface area contributed by atoms with Gasteiger partial charge in [0, 0.05) is 10.4 Å². The third-order valence-corrected chi connectivity index (χ3v) is 4.57. The van der Waals surface area contributed by atoms with Gasteiger partial charge in [-0.15, -0.1) is 11.3 Å². The lowest BCUT2D eigenvalue weighted by molar-refractivity contribution is 0.104. The van der Waals surface area contributed by atoms with Gasteiger partial charge in [-0.3, -0.25) is 4.79 Å². The predicted octanol–water partition coefficient (Wildman–Crippen LogP) is 5.38. The van der Waals surface area contributed by atoms with E-state index in [9.17, 15) is 4.79 Å². The molecule has 126 valence electrons. The highest BCUT2D eigenvalue weighted by Gasteiger charge is 2.05. The number of para-hydroxylation sites is 2. The highest BCUT2D eigenvalue weighted by Crippen LogP contribution is 2.21. The zero-order valence-electron chi connectivity index (χ0n) is 13.7. The molecule has 26 heavy (non-hydrogen) atoms.